The van der Waals surface area contributed by atoms with Crippen LogP contribution in [0.3, 0.4) is 0 Å². The van der Waals surface area contributed by atoms with Gasteiger partial charge in [-0.3, -0.25) is 9.59 Å². The van der Waals surface area contributed by atoms with Crippen molar-refractivity contribution in [3.8, 4) is 0 Å². The standard InChI is InChI=1S/C26H26N2O4S/c1-32-26(31)21-8-2-3-9-23(21)33-20-12-11-18-6-4-7-19(22(18)16-20)13-14-27-24(29)17-28-15-5-10-25(28)30/h2-4,6-9,11-12,16H,5,10,13-15,17H2,1H3,(H,27,29). The topological polar surface area (TPSA) is 75.7 Å². The van der Waals surface area contributed by atoms with Crippen molar-refractivity contribution in [3.63, 3.8) is 0 Å². The van der Waals surface area contributed by atoms with Crippen molar-refractivity contribution in [2.45, 2.75) is 29.1 Å². The number of carbonyl (C=O) groups excluding carboxylic acids is 3. The van der Waals surface area contributed by atoms with Gasteiger partial charge in [-0.2, -0.15) is 0 Å². The third-order valence-electron chi connectivity index (χ3n) is 5.69. The molecule has 1 saturated heterocycles. The van der Waals surface area contributed by atoms with Gasteiger partial charge in [0.05, 0.1) is 19.2 Å². The molecule has 1 aliphatic heterocycles. The Morgan fingerprint density at radius 2 is 1.94 bits per heavy atom. The highest BCUT2D eigenvalue weighted by Crippen LogP contribution is 2.33. The van der Waals surface area contributed by atoms with Crippen LogP contribution in [0.1, 0.15) is 28.8 Å². The molecule has 0 aromatic heterocycles. The number of amides is 2. The predicted octanol–water partition coefficient (Wildman–Crippen LogP) is 4.06. The Kier molecular flexibility index (Phi) is 7.29. The monoisotopic (exact) mass is 462 g/mol. The molecule has 0 aliphatic carbocycles. The average molecular weight is 463 g/mol. The second-order valence-corrected chi connectivity index (χ2v) is 9.02. The quantitative estimate of drug-likeness (QED) is 0.511. The molecule has 0 bridgehead atoms. The summed E-state index contributed by atoms with van der Waals surface area (Å²) >= 11 is 1.52. The molecule has 3 aromatic carbocycles. The molecule has 7 heteroatoms. The van der Waals surface area contributed by atoms with Crippen LogP contribution in [0.15, 0.2) is 70.5 Å². The van der Waals surface area contributed by atoms with Gasteiger partial charge in [-0.25, -0.2) is 4.79 Å². The zero-order valence-corrected chi connectivity index (χ0v) is 19.3. The van der Waals surface area contributed by atoms with E-state index in [1.165, 1.54) is 18.9 Å². The van der Waals surface area contributed by atoms with Crippen molar-refractivity contribution in [1.82, 2.24) is 10.2 Å². The van der Waals surface area contributed by atoms with Gasteiger partial charge in [0, 0.05) is 29.3 Å². The number of rotatable bonds is 8. The minimum absolute atomic E-state index is 0.0537. The summed E-state index contributed by atoms with van der Waals surface area (Å²) in [4.78, 5) is 39.5. The minimum Gasteiger partial charge on any atom is -0.465 e. The Hall–Kier alpha value is -3.32. The van der Waals surface area contributed by atoms with Crippen molar-refractivity contribution in [3.05, 3.63) is 71.8 Å². The van der Waals surface area contributed by atoms with Crippen LogP contribution in [-0.2, 0) is 20.7 Å². The van der Waals surface area contributed by atoms with Crippen LogP contribution >= 0.6 is 11.8 Å². The van der Waals surface area contributed by atoms with Gasteiger partial charge in [0.25, 0.3) is 0 Å². The van der Waals surface area contributed by atoms with E-state index < -0.39 is 0 Å². The molecule has 0 saturated carbocycles. The molecule has 170 valence electrons. The SMILES string of the molecule is COC(=O)c1ccccc1Sc1ccc2cccc(CCNC(=O)CN3CCCC3=O)c2c1. The summed E-state index contributed by atoms with van der Waals surface area (Å²) in [6.45, 7) is 1.30. The number of methoxy groups -OCH3 is 1. The molecule has 2 amide bonds. The summed E-state index contributed by atoms with van der Waals surface area (Å²) in [7, 11) is 1.38. The highest BCUT2D eigenvalue weighted by Gasteiger charge is 2.22. The van der Waals surface area contributed by atoms with Gasteiger partial charge in [0.2, 0.25) is 11.8 Å². The fourth-order valence-electron chi connectivity index (χ4n) is 4.00. The van der Waals surface area contributed by atoms with Crippen LogP contribution in [0.2, 0.25) is 0 Å². The van der Waals surface area contributed by atoms with E-state index >= 15 is 0 Å². The molecule has 3 aromatic rings. The van der Waals surface area contributed by atoms with Crippen molar-refractivity contribution in [2.24, 2.45) is 0 Å². The van der Waals surface area contributed by atoms with Crippen LogP contribution in [0.25, 0.3) is 10.8 Å². The van der Waals surface area contributed by atoms with E-state index in [1.807, 2.05) is 30.3 Å². The molecular weight excluding hydrogens is 436 g/mol. The number of likely N-dealkylation sites (tertiary alicyclic amines) is 1. The predicted molar refractivity (Wildman–Crippen MR) is 128 cm³/mol. The van der Waals surface area contributed by atoms with Crippen LogP contribution < -0.4 is 5.32 Å². The fourth-order valence-corrected chi connectivity index (χ4v) is 4.97. The first-order chi connectivity index (χ1) is 16.0. The van der Waals surface area contributed by atoms with E-state index in [-0.39, 0.29) is 24.3 Å². The smallest absolute Gasteiger partial charge is 0.339 e. The molecule has 1 aliphatic rings. The molecule has 1 heterocycles. The van der Waals surface area contributed by atoms with E-state index in [9.17, 15) is 14.4 Å². The number of nitrogens with zero attached hydrogens (tertiary/aromatic N) is 1. The van der Waals surface area contributed by atoms with Crippen LogP contribution in [0, 0.1) is 0 Å². The summed E-state index contributed by atoms with van der Waals surface area (Å²) in [5.41, 5.74) is 1.67. The Bertz CT molecular complexity index is 1190. The van der Waals surface area contributed by atoms with Crippen LogP contribution in [0.5, 0.6) is 0 Å². The van der Waals surface area contributed by atoms with E-state index in [2.05, 4.69) is 29.6 Å². The highest BCUT2D eigenvalue weighted by atomic mass is 32.2. The van der Waals surface area contributed by atoms with Gasteiger partial charge in [0.15, 0.2) is 0 Å². The Morgan fingerprint density at radius 3 is 2.73 bits per heavy atom. The third kappa shape index (κ3) is 5.54. The van der Waals surface area contributed by atoms with E-state index in [0.29, 0.717) is 31.5 Å². The maximum atomic E-state index is 12.2. The summed E-state index contributed by atoms with van der Waals surface area (Å²) in [5, 5.41) is 5.17. The van der Waals surface area contributed by atoms with Crippen molar-refractivity contribution in [2.75, 3.05) is 26.7 Å². The second-order valence-electron chi connectivity index (χ2n) is 7.91. The third-order valence-corrected chi connectivity index (χ3v) is 6.75. The van der Waals surface area contributed by atoms with Crippen LogP contribution in [-0.4, -0.2) is 49.4 Å². The molecule has 0 unspecified atom stereocenters. The van der Waals surface area contributed by atoms with Crippen LogP contribution in [0.4, 0.5) is 0 Å². The Morgan fingerprint density at radius 1 is 1.09 bits per heavy atom. The Labute approximate surface area is 197 Å². The average Bonchev–Trinajstić information content (AvgIpc) is 3.23. The first-order valence-electron chi connectivity index (χ1n) is 11.0. The molecule has 0 spiro atoms. The summed E-state index contributed by atoms with van der Waals surface area (Å²) in [5.74, 6) is -0.426. The van der Waals surface area contributed by atoms with Gasteiger partial charge < -0.3 is 15.0 Å². The molecule has 6 nitrogen and oxygen atoms in total. The molecular formula is C26H26N2O4S. The number of esters is 1. The zero-order valence-electron chi connectivity index (χ0n) is 18.5. The highest BCUT2D eigenvalue weighted by molar-refractivity contribution is 7.99. The molecule has 0 radical (unpaired) electrons. The zero-order chi connectivity index (χ0) is 23.2. The molecule has 33 heavy (non-hydrogen) atoms. The van der Waals surface area contributed by atoms with E-state index in [1.54, 1.807) is 11.0 Å². The minimum atomic E-state index is -0.356. The van der Waals surface area contributed by atoms with E-state index in [4.69, 9.17) is 4.74 Å². The lowest BCUT2D eigenvalue weighted by Gasteiger charge is -2.15. The Balaban J connectivity index is 1.45. The lowest BCUT2D eigenvalue weighted by atomic mass is 10.0. The van der Waals surface area contributed by atoms with Crippen molar-refractivity contribution in [1.29, 1.82) is 0 Å². The van der Waals surface area contributed by atoms with E-state index in [0.717, 1.165) is 32.5 Å². The molecule has 1 N–H and O–H groups in total. The maximum Gasteiger partial charge on any atom is 0.339 e. The second kappa shape index (κ2) is 10.5. The van der Waals surface area contributed by atoms with Gasteiger partial charge >= 0.3 is 5.97 Å². The van der Waals surface area contributed by atoms with Crippen molar-refractivity contribution >= 4 is 40.3 Å². The van der Waals surface area contributed by atoms with Gasteiger partial charge in [-0.05, 0) is 53.4 Å². The number of fused-ring (bicyclic) bond motifs is 1. The lowest BCUT2D eigenvalue weighted by Crippen LogP contribution is -2.38. The first kappa shape index (κ1) is 22.9. The summed E-state index contributed by atoms with van der Waals surface area (Å²) in [6, 6.07) is 19.8. The number of hydrogen-bond acceptors (Lipinski definition) is 5. The van der Waals surface area contributed by atoms with Crippen molar-refractivity contribution < 1.29 is 19.1 Å². The summed E-state index contributed by atoms with van der Waals surface area (Å²) < 4.78 is 4.91. The molecule has 4 rings (SSSR count). The largest absolute Gasteiger partial charge is 0.465 e. The van der Waals surface area contributed by atoms with Gasteiger partial charge in [-0.1, -0.05) is 48.2 Å². The number of hydrogen-bond donors (Lipinski definition) is 1. The molecule has 1 fully saturated rings. The molecule has 0 atom stereocenters. The number of nitrogens with one attached hydrogen (secondary N) is 1. The lowest BCUT2D eigenvalue weighted by molar-refractivity contribution is -0.133. The first-order valence-corrected chi connectivity index (χ1v) is 11.8. The normalized spacial score (nSPS) is 13.4. The van der Waals surface area contributed by atoms with Gasteiger partial charge in [0.1, 0.15) is 0 Å². The number of benzene rings is 3. The number of carbonyl (C=O) groups is 3. The maximum absolute atomic E-state index is 12.2. The number of ether oxygens (including phenoxy) is 1. The van der Waals surface area contributed by atoms with Gasteiger partial charge in [-0.15, -0.1) is 0 Å². The summed E-state index contributed by atoms with van der Waals surface area (Å²) in [6.07, 6.45) is 2.05. The fraction of sp³-hybridized carbons (Fsp3) is 0.269.